The molecule has 0 saturated carbocycles. The number of hydrogen-bond donors (Lipinski definition) is 0. The summed E-state index contributed by atoms with van der Waals surface area (Å²) >= 11 is 0. The van der Waals surface area contributed by atoms with Crippen LogP contribution in [0.3, 0.4) is 0 Å². The van der Waals surface area contributed by atoms with Crippen molar-refractivity contribution in [3.63, 3.8) is 0 Å². The van der Waals surface area contributed by atoms with Crippen LogP contribution in [-0.4, -0.2) is 16.3 Å². The molecule has 21 heavy (non-hydrogen) atoms. The molecule has 1 aromatic heterocycles. The van der Waals surface area contributed by atoms with E-state index in [2.05, 4.69) is 14.7 Å². The minimum Gasteiger partial charge on any atom is -0.406 e. The highest BCUT2D eigenvalue weighted by atomic mass is 19.4. The van der Waals surface area contributed by atoms with E-state index in [0.717, 1.165) is 24.2 Å². The Labute approximate surface area is 120 Å². The lowest BCUT2D eigenvalue weighted by Gasteiger charge is -2.11. The smallest absolute Gasteiger partial charge is 0.406 e. The van der Waals surface area contributed by atoms with Crippen LogP contribution in [0.1, 0.15) is 25.2 Å². The van der Waals surface area contributed by atoms with Crippen LogP contribution in [0.5, 0.6) is 5.75 Å². The number of benzene rings is 1. The lowest BCUT2D eigenvalue weighted by Crippen LogP contribution is -2.17. The third-order valence-electron chi connectivity index (χ3n) is 2.96. The zero-order chi connectivity index (χ0) is 15.5. The highest BCUT2D eigenvalue weighted by Gasteiger charge is 2.31. The third-order valence-corrected chi connectivity index (χ3v) is 2.96. The van der Waals surface area contributed by atoms with Gasteiger partial charge in [-0.25, -0.2) is 4.98 Å². The molecule has 0 amide bonds. The molecule has 2 rings (SSSR count). The van der Waals surface area contributed by atoms with Crippen LogP contribution in [0.4, 0.5) is 13.2 Å². The summed E-state index contributed by atoms with van der Waals surface area (Å²) in [4.78, 5) is 8.79. The number of nitrogens with zero attached hydrogens (tertiary/aromatic N) is 2. The molecule has 1 heterocycles. The number of halogens is 3. The first kappa shape index (κ1) is 15.3. The van der Waals surface area contributed by atoms with Crippen molar-refractivity contribution in [3.05, 3.63) is 41.9 Å². The Bertz CT molecular complexity index is 627. The molecule has 0 unspecified atom stereocenters. The van der Waals surface area contributed by atoms with Gasteiger partial charge in [0.05, 0.1) is 23.3 Å². The normalized spacial score (nSPS) is 11.5. The molecule has 0 bridgehead atoms. The Morgan fingerprint density at radius 3 is 2.43 bits per heavy atom. The second-order valence-electron chi connectivity index (χ2n) is 4.43. The average molecular weight is 296 g/mol. The zero-order valence-electron chi connectivity index (χ0n) is 11.7. The van der Waals surface area contributed by atoms with Crippen LogP contribution in [0.15, 0.2) is 30.5 Å². The third kappa shape index (κ3) is 3.93. The second-order valence-corrected chi connectivity index (χ2v) is 4.43. The van der Waals surface area contributed by atoms with Gasteiger partial charge in [-0.15, -0.1) is 13.2 Å². The van der Waals surface area contributed by atoms with Gasteiger partial charge in [0.2, 0.25) is 0 Å². The Morgan fingerprint density at radius 1 is 1.10 bits per heavy atom. The summed E-state index contributed by atoms with van der Waals surface area (Å²) in [5.41, 5.74) is 2.85. The van der Waals surface area contributed by atoms with Crippen molar-refractivity contribution >= 4 is 0 Å². The summed E-state index contributed by atoms with van der Waals surface area (Å²) in [6.45, 7) is 3.96. The zero-order valence-corrected chi connectivity index (χ0v) is 11.7. The number of alkyl halides is 3. The predicted octanol–water partition coefficient (Wildman–Crippen LogP) is 4.17. The molecule has 0 aliphatic carbocycles. The largest absolute Gasteiger partial charge is 0.573 e. The first-order valence-corrected chi connectivity index (χ1v) is 6.64. The molecule has 1 aromatic carbocycles. The fourth-order valence-electron chi connectivity index (χ4n) is 2.02. The van der Waals surface area contributed by atoms with E-state index < -0.39 is 6.36 Å². The monoisotopic (exact) mass is 296 g/mol. The van der Waals surface area contributed by atoms with Crippen LogP contribution in [0, 0.1) is 0 Å². The first-order chi connectivity index (χ1) is 9.93. The standard InChI is InChI=1S/C15H15F3N2O/c1-3-12-13(4-2)20-14(9-19-12)10-6-5-7-11(8-10)21-15(16,17)18/h5-9H,3-4H2,1-2H3. The molecule has 6 heteroatoms. The molecule has 3 nitrogen and oxygen atoms in total. The highest BCUT2D eigenvalue weighted by Crippen LogP contribution is 2.27. The molecule has 0 spiro atoms. The quantitative estimate of drug-likeness (QED) is 0.849. The number of hydrogen-bond acceptors (Lipinski definition) is 3. The maximum Gasteiger partial charge on any atom is 0.573 e. The Kier molecular flexibility index (Phi) is 4.45. The molecule has 0 fully saturated rings. The van der Waals surface area contributed by atoms with Crippen LogP contribution >= 0.6 is 0 Å². The Balaban J connectivity index is 2.36. The van der Waals surface area contributed by atoms with Crippen molar-refractivity contribution in [3.8, 4) is 17.0 Å². The second kappa shape index (κ2) is 6.11. The van der Waals surface area contributed by atoms with Crippen LogP contribution in [0.2, 0.25) is 0 Å². The fraction of sp³-hybridized carbons (Fsp3) is 0.333. The van der Waals surface area contributed by atoms with Crippen LogP contribution < -0.4 is 4.74 Å². The van der Waals surface area contributed by atoms with Gasteiger partial charge in [-0.3, -0.25) is 4.98 Å². The van der Waals surface area contributed by atoms with Gasteiger partial charge in [-0.2, -0.15) is 0 Å². The summed E-state index contributed by atoms with van der Waals surface area (Å²) in [5.74, 6) is -0.264. The van der Waals surface area contributed by atoms with Gasteiger partial charge < -0.3 is 4.74 Å². The fourth-order valence-corrected chi connectivity index (χ4v) is 2.02. The van der Waals surface area contributed by atoms with E-state index in [0.29, 0.717) is 11.3 Å². The van der Waals surface area contributed by atoms with Gasteiger partial charge in [0.15, 0.2) is 0 Å². The number of aromatic nitrogens is 2. The molecular formula is C15H15F3N2O. The van der Waals surface area contributed by atoms with Crippen molar-refractivity contribution in [2.75, 3.05) is 0 Å². The topological polar surface area (TPSA) is 35.0 Å². The van der Waals surface area contributed by atoms with E-state index in [1.807, 2.05) is 13.8 Å². The van der Waals surface area contributed by atoms with Crippen LogP contribution in [0.25, 0.3) is 11.3 Å². The molecule has 0 aliphatic rings. The summed E-state index contributed by atoms with van der Waals surface area (Å²) in [7, 11) is 0. The molecule has 0 aliphatic heterocycles. The van der Waals surface area contributed by atoms with E-state index in [4.69, 9.17) is 0 Å². The average Bonchev–Trinajstić information content (AvgIpc) is 2.45. The van der Waals surface area contributed by atoms with Gasteiger partial charge in [0.25, 0.3) is 0 Å². The van der Waals surface area contributed by atoms with Crippen molar-refractivity contribution in [2.45, 2.75) is 33.1 Å². The van der Waals surface area contributed by atoms with E-state index in [1.165, 1.54) is 18.2 Å². The van der Waals surface area contributed by atoms with Crippen molar-refractivity contribution in [1.82, 2.24) is 9.97 Å². The van der Waals surface area contributed by atoms with Gasteiger partial charge >= 0.3 is 6.36 Å². The summed E-state index contributed by atoms with van der Waals surface area (Å²) in [6.07, 6.45) is -1.63. The molecule has 0 radical (unpaired) electrons. The maximum absolute atomic E-state index is 12.2. The van der Waals surface area contributed by atoms with Gasteiger partial charge in [-0.05, 0) is 25.0 Å². The Hall–Kier alpha value is -2.11. The molecule has 0 saturated heterocycles. The highest BCUT2D eigenvalue weighted by molar-refractivity contribution is 5.60. The van der Waals surface area contributed by atoms with E-state index >= 15 is 0 Å². The number of rotatable bonds is 4. The summed E-state index contributed by atoms with van der Waals surface area (Å²) in [6, 6.07) is 5.74. The molecule has 2 aromatic rings. The number of aryl methyl sites for hydroxylation is 2. The van der Waals surface area contributed by atoms with E-state index in [-0.39, 0.29) is 5.75 Å². The van der Waals surface area contributed by atoms with Gasteiger partial charge in [0.1, 0.15) is 5.75 Å². The van der Waals surface area contributed by atoms with E-state index in [9.17, 15) is 13.2 Å². The van der Waals surface area contributed by atoms with E-state index in [1.54, 1.807) is 12.3 Å². The minimum absolute atomic E-state index is 0.264. The van der Waals surface area contributed by atoms with Crippen molar-refractivity contribution < 1.29 is 17.9 Å². The molecular weight excluding hydrogens is 281 g/mol. The lowest BCUT2D eigenvalue weighted by atomic mass is 10.1. The molecule has 0 N–H and O–H groups in total. The lowest BCUT2D eigenvalue weighted by molar-refractivity contribution is -0.274. The summed E-state index contributed by atoms with van der Waals surface area (Å²) < 4.78 is 40.6. The van der Waals surface area contributed by atoms with Crippen LogP contribution in [-0.2, 0) is 12.8 Å². The molecule has 0 atom stereocenters. The van der Waals surface area contributed by atoms with Gasteiger partial charge in [0, 0.05) is 5.56 Å². The van der Waals surface area contributed by atoms with Crippen molar-refractivity contribution in [1.29, 1.82) is 0 Å². The SMILES string of the molecule is CCc1ncc(-c2cccc(OC(F)(F)F)c2)nc1CC. The maximum atomic E-state index is 12.2. The van der Waals surface area contributed by atoms with Crippen molar-refractivity contribution in [2.24, 2.45) is 0 Å². The minimum atomic E-state index is -4.70. The van der Waals surface area contributed by atoms with Gasteiger partial charge in [-0.1, -0.05) is 26.0 Å². The summed E-state index contributed by atoms with van der Waals surface area (Å²) in [5, 5.41) is 0. The predicted molar refractivity (Wildman–Crippen MR) is 72.9 cm³/mol. The first-order valence-electron chi connectivity index (χ1n) is 6.64. The molecule has 112 valence electrons. The Morgan fingerprint density at radius 2 is 1.81 bits per heavy atom. The number of ether oxygens (including phenoxy) is 1.